The number of thioether (sulfide) groups is 1. The number of halogens is 2. The number of amides is 1. The van der Waals surface area contributed by atoms with Gasteiger partial charge in [0.15, 0.2) is 0 Å². The van der Waals surface area contributed by atoms with Gasteiger partial charge in [-0.2, -0.15) is 0 Å². The monoisotopic (exact) mass is 431 g/mol. The van der Waals surface area contributed by atoms with Crippen LogP contribution in [0.5, 0.6) is 5.75 Å². The Labute approximate surface area is 179 Å². The fraction of sp³-hybridized carbons (Fsp3) is 0.136. The molecular weight excluding hydrogens is 413 g/mol. The van der Waals surface area contributed by atoms with Gasteiger partial charge in [-0.25, -0.2) is 0 Å². The van der Waals surface area contributed by atoms with E-state index in [1.54, 1.807) is 54.2 Å². The van der Waals surface area contributed by atoms with Gasteiger partial charge in [0, 0.05) is 32.8 Å². The van der Waals surface area contributed by atoms with E-state index in [4.69, 9.17) is 27.9 Å². The molecule has 0 aliphatic heterocycles. The number of carbonyl (C=O) groups excluding carboxylic acids is 1. The average molecular weight is 432 g/mol. The summed E-state index contributed by atoms with van der Waals surface area (Å²) in [6.07, 6.45) is 0. The van der Waals surface area contributed by atoms with Crippen molar-refractivity contribution in [2.24, 2.45) is 0 Å². The Bertz CT molecular complexity index is 918. The summed E-state index contributed by atoms with van der Waals surface area (Å²) in [6.45, 7) is 0.934. The van der Waals surface area contributed by atoms with Crippen LogP contribution >= 0.6 is 35.0 Å². The highest BCUT2D eigenvalue weighted by atomic mass is 35.5. The summed E-state index contributed by atoms with van der Waals surface area (Å²) in [5.74, 6) is 1.43. The fourth-order valence-corrected chi connectivity index (χ4v) is 3.71. The third-order valence-electron chi connectivity index (χ3n) is 3.94. The van der Waals surface area contributed by atoms with Crippen LogP contribution in [0.2, 0.25) is 10.0 Å². The van der Waals surface area contributed by atoms with Crippen LogP contribution in [0, 0.1) is 0 Å². The highest BCUT2D eigenvalue weighted by Crippen LogP contribution is 2.21. The Morgan fingerprint density at radius 3 is 2.43 bits per heavy atom. The third kappa shape index (κ3) is 6.20. The topological polar surface area (TPSA) is 38.3 Å². The molecule has 0 spiro atoms. The van der Waals surface area contributed by atoms with Crippen LogP contribution in [0.3, 0.4) is 0 Å². The molecule has 28 heavy (non-hydrogen) atoms. The number of ether oxygens (including phenoxy) is 1. The third-order valence-corrected chi connectivity index (χ3v) is 5.50. The van der Waals surface area contributed by atoms with Gasteiger partial charge in [-0.15, -0.1) is 11.8 Å². The fourth-order valence-electron chi connectivity index (χ4n) is 2.48. The number of rotatable bonds is 8. The molecule has 3 aromatic rings. The van der Waals surface area contributed by atoms with Gasteiger partial charge in [0.2, 0.25) is 0 Å². The number of hydrogen-bond acceptors (Lipinski definition) is 3. The van der Waals surface area contributed by atoms with Gasteiger partial charge < -0.3 is 10.1 Å². The Hall–Kier alpha value is -2.14. The van der Waals surface area contributed by atoms with E-state index >= 15 is 0 Å². The molecule has 0 aliphatic rings. The van der Waals surface area contributed by atoms with Crippen LogP contribution in [0.4, 0.5) is 0 Å². The molecule has 6 heteroatoms. The molecule has 144 valence electrons. The summed E-state index contributed by atoms with van der Waals surface area (Å²) in [7, 11) is 0. The first-order valence-corrected chi connectivity index (χ1v) is 10.5. The van der Waals surface area contributed by atoms with Crippen LogP contribution in [-0.4, -0.2) is 18.3 Å². The van der Waals surface area contributed by atoms with Gasteiger partial charge in [-0.1, -0.05) is 47.5 Å². The zero-order chi connectivity index (χ0) is 19.8. The molecule has 1 amide bonds. The quantitative estimate of drug-likeness (QED) is 0.346. The summed E-state index contributed by atoms with van der Waals surface area (Å²) in [4.78, 5) is 13.5. The standard InChI is InChI=1S/C22H19Cl2NO2S/c23-18-9-6-17(21(24)14-18)15-25-22(26)16-7-10-19(11-8-16)27-12-13-28-20-4-2-1-3-5-20/h1-11,14H,12-13,15H2,(H,25,26). The molecule has 0 radical (unpaired) electrons. The summed E-state index contributed by atoms with van der Waals surface area (Å²) in [5, 5.41) is 3.95. The minimum absolute atomic E-state index is 0.169. The largest absolute Gasteiger partial charge is 0.493 e. The molecule has 0 bridgehead atoms. The molecule has 1 N–H and O–H groups in total. The summed E-state index contributed by atoms with van der Waals surface area (Å²) >= 11 is 13.8. The Morgan fingerprint density at radius 2 is 1.71 bits per heavy atom. The maximum absolute atomic E-state index is 12.3. The van der Waals surface area contributed by atoms with E-state index in [2.05, 4.69) is 17.4 Å². The first-order chi connectivity index (χ1) is 13.6. The molecule has 0 saturated carbocycles. The highest BCUT2D eigenvalue weighted by molar-refractivity contribution is 7.99. The highest BCUT2D eigenvalue weighted by Gasteiger charge is 2.07. The second kappa shape index (κ2) is 10.4. The van der Waals surface area contributed by atoms with Crippen molar-refractivity contribution in [1.29, 1.82) is 0 Å². The van der Waals surface area contributed by atoms with Crippen molar-refractivity contribution in [3.63, 3.8) is 0 Å². The normalized spacial score (nSPS) is 10.5. The van der Waals surface area contributed by atoms with E-state index in [0.29, 0.717) is 28.8 Å². The molecule has 0 saturated heterocycles. The lowest BCUT2D eigenvalue weighted by atomic mass is 10.2. The molecule has 3 nitrogen and oxygen atoms in total. The van der Waals surface area contributed by atoms with Crippen molar-refractivity contribution in [1.82, 2.24) is 5.32 Å². The van der Waals surface area contributed by atoms with Crippen LogP contribution in [0.1, 0.15) is 15.9 Å². The molecule has 3 aromatic carbocycles. The van der Waals surface area contributed by atoms with Gasteiger partial charge in [-0.3, -0.25) is 4.79 Å². The van der Waals surface area contributed by atoms with E-state index in [9.17, 15) is 4.79 Å². The minimum atomic E-state index is -0.169. The van der Waals surface area contributed by atoms with Gasteiger partial charge in [-0.05, 0) is 54.1 Å². The number of carbonyl (C=O) groups is 1. The Morgan fingerprint density at radius 1 is 0.964 bits per heavy atom. The lowest BCUT2D eigenvalue weighted by Gasteiger charge is -2.09. The lowest BCUT2D eigenvalue weighted by Crippen LogP contribution is -2.22. The average Bonchev–Trinajstić information content (AvgIpc) is 2.71. The number of nitrogens with one attached hydrogen (secondary N) is 1. The first kappa shape index (κ1) is 20.6. The van der Waals surface area contributed by atoms with Crippen LogP contribution in [0.15, 0.2) is 77.7 Å². The molecule has 3 rings (SSSR count). The van der Waals surface area contributed by atoms with Crippen molar-refractivity contribution in [3.05, 3.63) is 94.0 Å². The number of benzene rings is 3. The van der Waals surface area contributed by atoms with Crippen molar-refractivity contribution in [2.75, 3.05) is 12.4 Å². The second-order valence-electron chi connectivity index (χ2n) is 5.95. The van der Waals surface area contributed by atoms with Crippen molar-refractivity contribution in [3.8, 4) is 5.75 Å². The maximum Gasteiger partial charge on any atom is 0.251 e. The van der Waals surface area contributed by atoms with Crippen LogP contribution < -0.4 is 10.1 Å². The van der Waals surface area contributed by atoms with E-state index in [1.165, 1.54) is 4.90 Å². The predicted octanol–water partition coefficient (Wildman–Crippen LogP) is 6.09. The predicted molar refractivity (Wildman–Crippen MR) is 117 cm³/mol. The zero-order valence-corrected chi connectivity index (χ0v) is 17.4. The van der Waals surface area contributed by atoms with E-state index in [0.717, 1.165) is 17.1 Å². The second-order valence-corrected chi connectivity index (χ2v) is 7.96. The van der Waals surface area contributed by atoms with Gasteiger partial charge in [0.1, 0.15) is 5.75 Å². The van der Waals surface area contributed by atoms with E-state index in [1.807, 2.05) is 18.2 Å². The minimum Gasteiger partial charge on any atom is -0.493 e. The van der Waals surface area contributed by atoms with Crippen molar-refractivity contribution in [2.45, 2.75) is 11.4 Å². The summed E-state index contributed by atoms with van der Waals surface area (Å²) in [6, 6.07) is 22.5. The first-order valence-electron chi connectivity index (χ1n) is 8.74. The smallest absolute Gasteiger partial charge is 0.251 e. The van der Waals surface area contributed by atoms with Crippen LogP contribution in [-0.2, 0) is 6.54 Å². The molecule has 0 unspecified atom stereocenters. The molecule has 0 aromatic heterocycles. The van der Waals surface area contributed by atoms with E-state index in [-0.39, 0.29) is 5.91 Å². The Kier molecular flexibility index (Phi) is 7.66. The van der Waals surface area contributed by atoms with Gasteiger partial charge in [0.05, 0.1) is 6.61 Å². The molecule has 0 fully saturated rings. The molecule has 0 heterocycles. The van der Waals surface area contributed by atoms with Crippen LogP contribution in [0.25, 0.3) is 0 Å². The lowest BCUT2D eigenvalue weighted by molar-refractivity contribution is 0.0951. The van der Waals surface area contributed by atoms with E-state index < -0.39 is 0 Å². The molecule has 0 aliphatic carbocycles. The van der Waals surface area contributed by atoms with Crippen molar-refractivity contribution < 1.29 is 9.53 Å². The number of hydrogen-bond donors (Lipinski definition) is 1. The Balaban J connectivity index is 1.44. The molecule has 0 atom stereocenters. The zero-order valence-electron chi connectivity index (χ0n) is 15.0. The van der Waals surface area contributed by atoms with Gasteiger partial charge >= 0.3 is 0 Å². The summed E-state index contributed by atoms with van der Waals surface area (Å²) in [5.41, 5.74) is 1.38. The SMILES string of the molecule is O=C(NCc1ccc(Cl)cc1Cl)c1ccc(OCCSc2ccccc2)cc1. The maximum atomic E-state index is 12.3. The summed E-state index contributed by atoms with van der Waals surface area (Å²) < 4.78 is 5.74. The van der Waals surface area contributed by atoms with Gasteiger partial charge in [0.25, 0.3) is 5.91 Å². The van der Waals surface area contributed by atoms with Crippen molar-refractivity contribution >= 4 is 40.9 Å². The molecular formula is C22H19Cl2NO2S.